The first-order valence-corrected chi connectivity index (χ1v) is 7.58. The molecule has 1 saturated heterocycles. The van der Waals surface area contributed by atoms with E-state index in [2.05, 4.69) is 12.1 Å². The van der Waals surface area contributed by atoms with Crippen molar-refractivity contribution in [2.75, 3.05) is 0 Å². The number of hydrogen-bond acceptors (Lipinski definition) is 3. The zero-order valence-electron chi connectivity index (χ0n) is 11.6. The second-order valence-electron chi connectivity index (χ2n) is 5.89. The van der Waals surface area contributed by atoms with Crippen molar-refractivity contribution in [1.29, 1.82) is 0 Å². The topological polar surface area (TPSA) is 43.4 Å². The van der Waals surface area contributed by atoms with Crippen LogP contribution < -0.4 is 0 Å². The zero-order chi connectivity index (χ0) is 13.9. The van der Waals surface area contributed by atoms with Crippen molar-refractivity contribution >= 4 is 11.9 Å². The molecule has 1 aliphatic heterocycles. The van der Waals surface area contributed by atoms with Crippen molar-refractivity contribution in [2.24, 2.45) is 0 Å². The third kappa shape index (κ3) is 2.77. The highest BCUT2D eigenvalue weighted by atomic mass is 16.6. The third-order valence-electron chi connectivity index (χ3n) is 4.55. The van der Waals surface area contributed by atoms with Crippen LogP contribution >= 0.6 is 0 Å². The Bertz CT molecular complexity index is 497. The summed E-state index contributed by atoms with van der Waals surface area (Å²) in [6.07, 6.45) is 7.46. The molecular weight excluding hydrogens is 252 g/mol. The Kier molecular flexibility index (Phi) is 3.86. The Labute approximate surface area is 119 Å². The number of esters is 2. The SMILES string of the molecule is O=C1CCC(c2ccc(C3CCCCC3)cc2)C(=O)O1. The van der Waals surface area contributed by atoms with Crippen molar-refractivity contribution in [3.63, 3.8) is 0 Å². The lowest BCUT2D eigenvalue weighted by atomic mass is 9.83. The van der Waals surface area contributed by atoms with Gasteiger partial charge in [0.15, 0.2) is 0 Å². The Hall–Kier alpha value is -1.64. The second-order valence-corrected chi connectivity index (χ2v) is 5.89. The molecular formula is C17H20O3. The van der Waals surface area contributed by atoms with Gasteiger partial charge >= 0.3 is 11.9 Å². The number of cyclic esters (lactones) is 2. The predicted molar refractivity (Wildman–Crippen MR) is 75.3 cm³/mol. The van der Waals surface area contributed by atoms with Crippen LogP contribution in [0.15, 0.2) is 24.3 Å². The van der Waals surface area contributed by atoms with Gasteiger partial charge in [0.2, 0.25) is 0 Å². The van der Waals surface area contributed by atoms with E-state index in [1.165, 1.54) is 37.7 Å². The lowest BCUT2D eigenvalue weighted by molar-refractivity contribution is -0.164. The van der Waals surface area contributed by atoms with Gasteiger partial charge in [0, 0.05) is 6.42 Å². The number of benzene rings is 1. The molecule has 3 nitrogen and oxygen atoms in total. The molecule has 106 valence electrons. The van der Waals surface area contributed by atoms with E-state index in [1.807, 2.05) is 12.1 Å². The molecule has 0 radical (unpaired) electrons. The number of ether oxygens (including phenoxy) is 1. The molecule has 2 fully saturated rings. The Morgan fingerprint density at radius 1 is 0.850 bits per heavy atom. The van der Waals surface area contributed by atoms with E-state index in [0.717, 1.165) is 5.56 Å². The molecule has 2 aliphatic rings. The van der Waals surface area contributed by atoms with E-state index in [-0.39, 0.29) is 5.92 Å². The average molecular weight is 272 g/mol. The Morgan fingerprint density at radius 3 is 2.15 bits per heavy atom. The minimum atomic E-state index is -0.398. The van der Waals surface area contributed by atoms with Gasteiger partial charge in [-0.1, -0.05) is 43.5 Å². The van der Waals surface area contributed by atoms with Crippen LogP contribution in [0, 0.1) is 0 Å². The summed E-state index contributed by atoms with van der Waals surface area (Å²) < 4.78 is 4.72. The Balaban J connectivity index is 1.72. The molecule has 0 spiro atoms. The van der Waals surface area contributed by atoms with Gasteiger partial charge in [-0.3, -0.25) is 9.59 Å². The standard InChI is InChI=1S/C17H20O3/c18-16-11-10-15(17(19)20-16)14-8-6-13(7-9-14)12-4-2-1-3-5-12/h6-9,12,15H,1-5,10-11H2. The van der Waals surface area contributed by atoms with Crippen molar-refractivity contribution in [3.8, 4) is 0 Å². The number of carbonyl (C=O) groups is 2. The summed E-state index contributed by atoms with van der Waals surface area (Å²) >= 11 is 0. The Morgan fingerprint density at radius 2 is 1.50 bits per heavy atom. The van der Waals surface area contributed by atoms with Crippen LogP contribution in [0.4, 0.5) is 0 Å². The summed E-state index contributed by atoms with van der Waals surface area (Å²) in [4.78, 5) is 22.8. The summed E-state index contributed by atoms with van der Waals surface area (Å²) in [5.41, 5.74) is 2.36. The van der Waals surface area contributed by atoms with Gasteiger partial charge in [-0.05, 0) is 36.3 Å². The van der Waals surface area contributed by atoms with Crippen LogP contribution in [0.25, 0.3) is 0 Å². The lowest BCUT2D eigenvalue weighted by Gasteiger charge is -2.23. The molecule has 0 amide bonds. The van der Waals surface area contributed by atoms with E-state index in [4.69, 9.17) is 4.74 Å². The molecule has 1 aliphatic carbocycles. The third-order valence-corrected chi connectivity index (χ3v) is 4.55. The molecule has 1 aromatic carbocycles. The van der Waals surface area contributed by atoms with E-state index in [0.29, 0.717) is 18.8 Å². The van der Waals surface area contributed by atoms with Crippen molar-refractivity contribution in [3.05, 3.63) is 35.4 Å². The van der Waals surface area contributed by atoms with Crippen LogP contribution in [0.2, 0.25) is 0 Å². The van der Waals surface area contributed by atoms with Gasteiger partial charge in [0.1, 0.15) is 0 Å². The van der Waals surface area contributed by atoms with E-state index in [1.54, 1.807) is 0 Å². The molecule has 1 heterocycles. The predicted octanol–water partition coefficient (Wildman–Crippen LogP) is 3.68. The number of hydrogen-bond donors (Lipinski definition) is 0. The fraction of sp³-hybridized carbons (Fsp3) is 0.529. The summed E-state index contributed by atoms with van der Waals surface area (Å²) in [7, 11) is 0. The van der Waals surface area contributed by atoms with E-state index in [9.17, 15) is 9.59 Å². The van der Waals surface area contributed by atoms with Gasteiger partial charge in [-0.2, -0.15) is 0 Å². The van der Waals surface area contributed by atoms with Gasteiger partial charge in [-0.15, -0.1) is 0 Å². The molecule has 3 rings (SSSR count). The normalized spacial score (nSPS) is 24.5. The largest absolute Gasteiger partial charge is 0.393 e. The first kappa shape index (κ1) is 13.3. The first-order chi connectivity index (χ1) is 9.74. The average Bonchev–Trinajstić information content (AvgIpc) is 2.48. The highest BCUT2D eigenvalue weighted by Gasteiger charge is 2.30. The van der Waals surface area contributed by atoms with E-state index >= 15 is 0 Å². The minimum Gasteiger partial charge on any atom is -0.393 e. The van der Waals surface area contributed by atoms with Gasteiger partial charge in [0.05, 0.1) is 5.92 Å². The summed E-state index contributed by atoms with van der Waals surface area (Å²) in [5.74, 6) is -0.387. The molecule has 1 saturated carbocycles. The molecule has 0 bridgehead atoms. The number of rotatable bonds is 2. The molecule has 0 N–H and O–H groups in total. The maximum Gasteiger partial charge on any atom is 0.321 e. The number of carbonyl (C=O) groups excluding carboxylic acids is 2. The van der Waals surface area contributed by atoms with Crippen LogP contribution in [-0.2, 0) is 14.3 Å². The molecule has 1 atom stereocenters. The lowest BCUT2D eigenvalue weighted by Crippen LogP contribution is -2.26. The zero-order valence-corrected chi connectivity index (χ0v) is 11.6. The highest BCUT2D eigenvalue weighted by molar-refractivity contribution is 5.92. The van der Waals surface area contributed by atoms with Crippen LogP contribution in [0.5, 0.6) is 0 Å². The maximum atomic E-state index is 11.7. The first-order valence-electron chi connectivity index (χ1n) is 7.58. The van der Waals surface area contributed by atoms with Gasteiger partial charge in [-0.25, -0.2) is 0 Å². The van der Waals surface area contributed by atoms with Crippen LogP contribution in [0.3, 0.4) is 0 Å². The van der Waals surface area contributed by atoms with Crippen molar-refractivity contribution in [1.82, 2.24) is 0 Å². The minimum absolute atomic E-state index is 0.270. The van der Waals surface area contributed by atoms with Crippen molar-refractivity contribution < 1.29 is 14.3 Å². The highest BCUT2D eigenvalue weighted by Crippen LogP contribution is 2.34. The second kappa shape index (κ2) is 5.78. The van der Waals surface area contributed by atoms with Crippen LogP contribution in [0.1, 0.15) is 67.9 Å². The molecule has 1 unspecified atom stereocenters. The maximum absolute atomic E-state index is 11.7. The summed E-state index contributed by atoms with van der Waals surface area (Å²) in [5, 5.41) is 0. The van der Waals surface area contributed by atoms with Gasteiger partial charge in [0.25, 0.3) is 0 Å². The molecule has 0 aromatic heterocycles. The van der Waals surface area contributed by atoms with Crippen molar-refractivity contribution in [2.45, 2.75) is 56.8 Å². The quantitative estimate of drug-likeness (QED) is 0.609. The monoisotopic (exact) mass is 272 g/mol. The summed E-state index contributed by atoms with van der Waals surface area (Å²) in [6, 6.07) is 8.36. The van der Waals surface area contributed by atoms with Gasteiger partial charge < -0.3 is 4.74 Å². The summed E-state index contributed by atoms with van der Waals surface area (Å²) in [6.45, 7) is 0. The molecule has 1 aromatic rings. The fourth-order valence-corrected chi connectivity index (χ4v) is 3.35. The fourth-order valence-electron chi connectivity index (χ4n) is 3.35. The van der Waals surface area contributed by atoms with Crippen LogP contribution in [-0.4, -0.2) is 11.9 Å². The molecule has 20 heavy (non-hydrogen) atoms. The van der Waals surface area contributed by atoms with E-state index < -0.39 is 11.9 Å². The molecule has 3 heteroatoms. The smallest absolute Gasteiger partial charge is 0.321 e.